The number of amides is 1. The van der Waals surface area contributed by atoms with Crippen molar-refractivity contribution in [3.8, 4) is 0 Å². The van der Waals surface area contributed by atoms with Crippen molar-refractivity contribution in [1.82, 2.24) is 10.6 Å². The molecule has 2 unspecified atom stereocenters. The molecule has 0 fully saturated rings. The molecule has 2 atom stereocenters. The fourth-order valence-electron chi connectivity index (χ4n) is 2.20. The van der Waals surface area contributed by atoms with Crippen LogP contribution >= 0.6 is 45.2 Å². The molecule has 0 aliphatic heterocycles. The van der Waals surface area contributed by atoms with E-state index in [9.17, 15) is 9.59 Å². The van der Waals surface area contributed by atoms with E-state index in [2.05, 4.69) is 72.7 Å². The van der Waals surface area contributed by atoms with Crippen LogP contribution in [0.3, 0.4) is 0 Å². The summed E-state index contributed by atoms with van der Waals surface area (Å²) < 4.78 is 7.00. The average molecular weight is 623 g/mol. The standard InChI is InChI=1S/C11H14INO2.C10H13IN2O/c1-8(11(14)15-2)13-7-9-4-3-5-10(12)6-9;1-7(10(12)14)13-6-8-3-2-4-9(11)5-8/h3-6,8,13H,7H2,1-2H3;2-5,7,13H,6H2,1H3,(H2,12,14). The van der Waals surface area contributed by atoms with Crippen LogP contribution in [0.4, 0.5) is 0 Å². The number of hydrogen-bond acceptors (Lipinski definition) is 5. The van der Waals surface area contributed by atoms with E-state index in [1.54, 1.807) is 13.8 Å². The fourth-order valence-corrected chi connectivity index (χ4v) is 3.41. The van der Waals surface area contributed by atoms with Gasteiger partial charge in [-0.1, -0.05) is 24.3 Å². The Hall–Kier alpha value is -1.24. The van der Waals surface area contributed by atoms with Gasteiger partial charge in [0.05, 0.1) is 13.2 Å². The lowest BCUT2D eigenvalue weighted by Gasteiger charge is -2.11. The fraction of sp³-hybridized carbons (Fsp3) is 0.333. The zero-order chi connectivity index (χ0) is 21.8. The first-order valence-corrected chi connectivity index (χ1v) is 11.2. The Morgan fingerprint density at radius 1 is 0.931 bits per heavy atom. The van der Waals surface area contributed by atoms with Gasteiger partial charge in [0, 0.05) is 20.2 Å². The van der Waals surface area contributed by atoms with Crippen molar-refractivity contribution in [3.63, 3.8) is 0 Å². The summed E-state index contributed by atoms with van der Waals surface area (Å²) in [5.74, 6) is -0.559. The van der Waals surface area contributed by atoms with Crippen LogP contribution in [0.5, 0.6) is 0 Å². The van der Waals surface area contributed by atoms with Crippen LogP contribution in [-0.2, 0) is 27.4 Å². The van der Waals surface area contributed by atoms with Crippen molar-refractivity contribution in [2.45, 2.75) is 39.0 Å². The molecule has 0 spiro atoms. The molecule has 0 bridgehead atoms. The monoisotopic (exact) mass is 623 g/mol. The topological polar surface area (TPSA) is 93.4 Å². The second-order valence-electron chi connectivity index (χ2n) is 6.39. The van der Waals surface area contributed by atoms with Crippen LogP contribution in [-0.4, -0.2) is 31.1 Å². The third-order valence-electron chi connectivity index (χ3n) is 3.98. The highest BCUT2D eigenvalue weighted by molar-refractivity contribution is 14.1. The second-order valence-corrected chi connectivity index (χ2v) is 8.88. The summed E-state index contributed by atoms with van der Waals surface area (Å²) in [6, 6.07) is 15.7. The maximum Gasteiger partial charge on any atom is 0.322 e. The highest BCUT2D eigenvalue weighted by atomic mass is 127. The number of benzene rings is 2. The molecule has 0 aliphatic carbocycles. The Balaban J connectivity index is 0.000000291. The number of hydrogen-bond donors (Lipinski definition) is 3. The van der Waals surface area contributed by atoms with Crippen molar-refractivity contribution in [2.75, 3.05) is 7.11 Å². The van der Waals surface area contributed by atoms with Crippen molar-refractivity contribution in [2.24, 2.45) is 5.73 Å². The number of primary amides is 1. The minimum atomic E-state index is -0.323. The van der Waals surface area contributed by atoms with E-state index in [4.69, 9.17) is 5.73 Å². The van der Waals surface area contributed by atoms with E-state index in [0.717, 1.165) is 11.1 Å². The molecule has 8 heteroatoms. The smallest absolute Gasteiger partial charge is 0.322 e. The lowest BCUT2D eigenvalue weighted by Crippen LogP contribution is -2.38. The molecule has 6 nitrogen and oxygen atoms in total. The van der Waals surface area contributed by atoms with Gasteiger partial charge in [0.2, 0.25) is 5.91 Å². The second kappa shape index (κ2) is 13.9. The number of carbonyl (C=O) groups excluding carboxylic acids is 2. The number of halogens is 2. The molecule has 2 aromatic rings. The van der Waals surface area contributed by atoms with Gasteiger partial charge in [0.15, 0.2) is 0 Å². The number of rotatable bonds is 8. The normalized spacial score (nSPS) is 12.3. The van der Waals surface area contributed by atoms with E-state index >= 15 is 0 Å². The summed E-state index contributed by atoms with van der Waals surface area (Å²) in [6.45, 7) is 4.89. The predicted octanol–water partition coefficient (Wildman–Crippen LogP) is 3.20. The molecular formula is C21H27I2N3O3. The lowest BCUT2D eigenvalue weighted by molar-refractivity contribution is -0.142. The molecular weight excluding hydrogens is 596 g/mol. The molecule has 0 aliphatic rings. The van der Waals surface area contributed by atoms with E-state index in [-0.39, 0.29) is 24.0 Å². The lowest BCUT2D eigenvalue weighted by atomic mass is 10.2. The third-order valence-corrected chi connectivity index (χ3v) is 5.33. The van der Waals surface area contributed by atoms with E-state index < -0.39 is 0 Å². The maximum absolute atomic E-state index is 11.1. The van der Waals surface area contributed by atoms with E-state index in [1.165, 1.54) is 14.3 Å². The molecule has 0 radical (unpaired) electrons. The number of esters is 1. The minimum absolute atomic E-state index is 0.236. The average Bonchev–Trinajstić information content (AvgIpc) is 2.70. The molecule has 2 rings (SSSR count). The Kier molecular flexibility index (Phi) is 12.4. The zero-order valence-corrected chi connectivity index (χ0v) is 21.1. The molecule has 0 saturated carbocycles. The number of ether oxygens (including phenoxy) is 1. The van der Waals surface area contributed by atoms with Crippen molar-refractivity contribution in [3.05, 3.63) is 66.8 Å². The molecule has 4 N–H and O–H groups in total. The van der Waals surface area contributed by atoms with Crippen molar-refractivity contribution < 1.29 is 14.3 Å². The quantitative estimate of drug-likeness (QED) is 0.311. The number of carbonyl (C=O) groups is 2. The largest absolute Gasteiger partial charge is 0.468 e. The van der Waals surface area contributed by atoms with Crippen LogP contribution in [0.25, 0.3) is 0 Å². The molecule has 158 valence electrons. The van der Waals surface area contributed by atoms with E-state index in [1.807, 2.05) is 36.4 Å². The summed E-state index contributed by atoms with van der Waals surface area (Å²) in [5.41, 5.74) is 7.45. The predicted molar refractivity (Wildman–Crippen MR) is 132 cm³/mol. The van der Waals surface area contributed by atoms with Gasteiger partial charge in [-0.2, -0.15) is 0 Å². The maximum atomic E-state index is 11.1. The summed E-state index contributed by atoms with van der Waals surface area (Å²) in [4.78, 5) is 21.9. The van der Waals surface area contributed by atoms with Crippen molar-refractivity contribution >= 4 is 57.1 Å². The molecule has 0 saturated heterocycles. The Morgan fingerprint density at radius 3 is 1.76 bits per heavy atom. The van der Waals surface area contributed by atoms with Crippen LogP contribution in [0.15, 0.2) is 48.5 Å². The number of nitrogens with two attached hydrogens (primary N) is 1. The zero-order valence-electron chi connectivity index (χ0n) is 16.7. The van der Waals surface area contributed by atoms with Gasteiger partial charge < -0.3 is 21.1 Å². The first-order valence-electron chi connectivity index (χ1n) is 9.05. The first kappa shape index (κ1) is 25.8. The highest BCUT2D eigenvalue weighted by Crippen LogP contribution is 2.08. The van der Waals surface area contributed by atoms with Crippen LogP contribution in [0.1, 0.15) is 25.0 Å². The van der Waals surface area contributed by atoms with Gasteiger partial charge in [-0.3, -0.25) is 9.59 Å². The summed E-state index contributed by atoms with van der Waals surface area (Å²) in [7, 11) is 1.39. The van der Waals surface area contributed by atoms with Crippen LogP contribution in [0.2, 0.25) is 0 Å². The molecule has 0 aromatic heterocycles. The Labute approximate surface area is 199 Å². The Bertz CT molecular complexity index is 802. The van der Waals surface area contributed by atoms with Gasteiger partial charge >= 0.3 is 5.97 Å². The van der Waals surface area contributed by atoms with Crippen LogP contribution < -0.4 is 16.4 Å². The Morgan fingerprint density at radius 2 is 1.38 bits per heavy atom. The number of methoxy groups -OCH3 is 1. The van der Waals surface area contributed by atoms with Gasteiger partial charge in [-0.15, -0.1) is 0 Å². The SMILES string of the molecule is CC(NCc1cccc(I)c1)C(N)=O.COC(=O)C(C)NCc1cccc(I)c1. The van der Waals surface area contributed by atoms with Gasteiger partial charge in [0.25, 0.3) is 0 Å². The van der Waals surface area contributed by atoms with Crippen molar-refractivity contribution in [1.29, 1.82) is 0 Å². The number of nitrogens with one attached hydrogen (secondary N) is 2. The molecule has 29 heavy (non-hydrogen) atoms. The molecule has 0 heterocycles. The summed E-state index contributed by atoms with van der Waals surface area (Å²) in [5, 5.41) is 6.15. The van der Waals surface area contributed by atoms with Gasteiger partial charge in [-0.25, -0.2) is 0 Å². The summed E-state index contributed by atoms with van der Waals surface area (Å²) in [6.07, 6.45) is 0. The summed E-state index contributed by atoms with van der Waals surface area (Å²) >= 11 is 4.52. The van der Waals surface area contributed by atoms with E-state index in [0.29, 0.717) is 13.1 Å². The van der Waals surface area contributed by atoms with Gasteiger partial charge in [-0.05, 0) is 94.4 Å². The molecule has 2 aromatic carbocycles. The highest BCUT2D eigenvalue weighted by Gasteiger charge is 2.11. The third kappa shape index (κ3) is 10.9. The molecule has 1 amide bonds. The van der Waals surface area contributed by atoms with Gasteiger partial charge in [0.1, 0.15) is 6.04 Å². The minimum Gasteiger partial charge on any atom is -0.468 e. The van der Waals surface area contributed by atoms with Crippen LogP contribution in [0, 0.1) is 7.14 Å². The first-order chi connectivity index (χ1) is 13.7.